The maximum Gasteiger partial charge on any atom is 0.243 e. The standard InChI is InChI=1S/C4H7NO.C3H8O2/c1-3-4(6)5-2;1-3(5)2-4/h3H,1H2,2H3,(H,5,6);3-5H,2H2,1H3. The van der Waals surface area contributed by atoms with Gasteiger partial charge in [-0.05, 0) is 13.0 Å². The Morgan fingerprint density at radius 3 is 2.18 bits per heavy atom. The van der Waals surface area contributed by atoms with Crippen molar-refractivity contribution in [3.63, 3.8) is 0 Å². The summed E-state index contributed by atoms with van der Waals surface area (Å²) in [6.07, 6.45) is 0.662. The molecule has 0 aliphatic heterocycles. The van der Waals surface area contributed by atoms with Crippen LogP contribution in [0.2, 0.25) is 0 Å². The highest BCUT2D eigenvalue weighted by molar-refractivity contribution is 5.86. The number of amides is 1. The van der Waals surface area contributed by atoms with E-state index in [2.05, 4.69) is 11.9 Å². The van der Waals surface area contributed by atoms with Gasteiger partial charge in [-0.15, -0.1) is 0 Å². The lowest BCUT2D eigenvalue weighted by molar-refractivity contribution is -0.116. The fourth-order valence-corrected chi connectivity index (χ4v) is 0.102. The van der Waals surface area contributed by atoms with Crippen molar-refractivity contribution >= 4 is 5.91 Å². The van der Waals surface area contributed by atoms with Crippen molar-refractivity contribution in [2.24, 2.45) is 0 Å². The van der Waals surface area contributed by atoms with Crippen LogP contribution in [0.15, 0.2) is 12.7 Å². The van der Waals surface area contributed by atoms with Crippen LogP contribution in [-0.2, 0) is 4.79 Å². The molecule has 3 N–H and O–H groups in total. The number of rotatable bonds is 2. The van der Waals surface area contributed by atoms with Gasteiger partial charge in [0.25, 0.3) is 0 Å². The molecule has 0 aromatic heterocycles. The van der Waals surface area contributed by atoms with Gasteiger partial charge in [0.05, 0.1) is 12.7 Å². The molecule has 1 amide bonds. The molecule has 0 rings (SSSR count). The minimum atomic E-state index is -0.560. The van der Waals surface area contributed by atoms with Gasteiger partial charge in [0, 0.05) is 7.05 Å². The molecule has 0 heterocycles. The fraction of sp³-hybridized carbons (Fsp3) is 0.571. The van der Waals surface area contributed by atoms with Crippen molar-refractivity contribution < 1.29 is 15.0 Å². The molecule has 0 radical (unpaired) electrons. The lowest BCUT2D eigenvalue weighted by Gasteiger charge is -1.90. The predicted molar refractivity (Wildman–Crippen MR) is 43.0 cm³/mol. The Balaban J connectivity index is 0. The molecular weight excluding hydrogens is 146 g/mol. The Hall–Kier alpha value is -0.870. The van der Waals surface area contributed by atoms with E-state index in [1.165, 1.54) is 13.0 Å². The topological polar surface area (TPSA) is 69.6 Å². The molecule has 0 aromatic carbocycles. The fourth-order valence-electron chi connectivity index (χ4n) is 0.102. The van der Waals surface area contributed by atoms with Gasteiger partial charge in [0.1, 0.15) is 0 Å². The number of aliphatic hydroxyl groups excluding tert-OH is 2. The SMILES string of the molecule is C=CC(=O)NC.CC(O)CO. The molecule has 0 saturated heterocycles. The molecule has 4 heteroatoms. The van der Waals surface area contributed by atoms with Crippen LogP contribution in [0, 0.1) is 0 Å². The third kappa shape index (κ3) is 17.6. The first kappa shape index (κ1) is 12.8. The minimum Gasteiger partial charge on any atom is -0.394 e. The molecule has 4 nitrogen and oxygen atoms in total. The molecule has 1 unspecified atom stereocenters. The second-order valence-corrected chi connectivity index (χ2v) is 1.85. The highest BCUT2D eigenvalue weighted by atomic mass is 16.3. The molecule has 0 fully saturated rings. The van der Waals surface area contributed by atoms with E-state index >= 15 is 0 Å². The van der Waals surface area contributed by atoms with E-state index in [1.807, 2.05) is 0 Å². The summed E-state index contributed by atoms with van der Waals surface area (Å²) in [5.41, 5.74) is 0. The van der Waals surface area contributed by atoms with E-state index in [4.69, 9.17) is 10.2 Å². The molecule has 0 spiro atoms. The average Bonchev–Trinajstić information content (AvgIpc) is 2.04. The van der Waals surface area contributed by atoms with Crippen LogP contribution in [-0.4, -0.2) is 35.9 Å². The van der Waals surface area contributed by atoms with Gasteiger partial charge in [-0.1, -0.05) is 6.58 Å². The summed E-state index contributed by atoms with van der Waals surface area (Å²) in [5, 5.41) is 18.4. The summed E-state index contributed by atoms with van der Waals surface area (Å²) in [4.78, 5) is 9.95. The van der Waals surface area contributed by atoms with Crippen molar-refractivity contribution in [1.82, 2.24) is 5.32 Å². The normalized spacial score (nSPS) is 10.5. The minimum absolute atomic E-state index is 0.139. The van der Waals surface area contributed by atoms with Crippen molar-refractivity contribution in [1.29, 1.82) is 0 Å². The molecule has 1 atom stereocenters. The molecular formula is C7H15NO3. The number of carbonyl (C=O) groups excluding carboxylic acids is 1. The van der Waals surface area contributed by atoms with Gasteiger partial charge < -0.3 is 15.5 Å². The van der Waals surface area contributed by atoms with E-state index < -0.39 is 6.10 Å². The highest BCUT2D eigenvalue weighted by Crippen LogP contribution is 1.68. The van der Waals surface area contributed by atoms with Crippen LogP contribution in [0.3, 0.4) is 0 Å². The van der Waals surface area contributed by atoms with Crippen LogP contribution in [0.25, 0.3) is 0 Å². The third-order valence-electron chi connectivity index (χ3n) is 0.696. The molecule has 11 heavy (non-hydrogen) atoms. The highest BCUT2D eigenvalue weighted by Gasteiger charge is 1.83. The zero-order valence-electron chi connectivity index (χ0n) is 6.87. The van der Waals surface area contributed by atoms with Crippen molar-refractivity contribution in [2.75, 3.05) is 13.7 Å². The molecule has 0 aliphatic rings. The summed E-state index contributed by atoms with van der Waals surface area (Å²) < 4.78 is 0. The van der Waals surface area contributed by atoms with Crippen molar-refractivity contribution in [3.8, 4) is 0 Å². The van der Waals surface area contributed by atoms with E-state index in [-0.39, 0.29) is 12.5 Å². The number of nitrogens with one attached hydrogen (secondary N) is 1. The van der Waals surface area contributed by atoms with Crippen LogP contribution in [0.5, 0.6) is 0 Å². The number of hydrogen-bond acceptors (Lipinski definition) is 3. The smallest absolute Gasteiger partial charge is 0.243 e. The maximum atomic E-state index is 9.95. The number of hydrogen-bond donors (Lipinski definition) is 3. The van der Waals surface area contributed by atoms with E-state index in [1.54, 1.807) is 7.05 Å². The largest absolute Gasteiger partial charge is 0.394 e. The number of likely N-dealkylation sites (N-methyl/N-ethyl adjacent to an activating group) is 1. The van der Waals surface area contributed by atoms with E-state index in [0.29, 0.717) is 0 Å². The summed E-state index contributed by atoms with van der Waals surface area (Å²) in [6, 6.07) is 0. The first-order valence-electron chi connectivity index (χ1n) is 3.21. The van der Waals surface area contributed by atoms with Gasteiger partial charge >= 0.3 is 0 Å². The van der Waals surface area contributed by atoms with Gasteiger partial charge in [0.15, 0.2) is 0 Å². The van der Waals surface area contributed by atoms with Crippen molar-refractivity contribution in [3.05, 3.63) is 12.7 Å². The van der Waals surface area contributed by atoms with Gasteiger partial charge in [-0.3, -0.25) is 4.79 Å². The Morgan fingerprint density at radius 2 is 2.18 bits per heavy atom. The molecule has 0 aliphatic carbocycles. The van der Waals surface area contributed by atoms with Crippen LogP contribution in [0.4, 0.5) is 0 Å². The Bertz CT molecular complexity index is 112. The summed E-state index contributed by atoms with van der Waals surface area (Å²) >= 11 is 0. The number of aliphatic hydroxyl groups is 2. The third-order valence-corrected chi connectivity index (χ3v) is 0.696. The molecule has 0 aromatic rings. The Morgan fingerprint density at radius 1 is 1.82 bits per heavy atom. The van der Waals surface area contributed by atoms with Gasteiger partial charge in [0.2, 0.25) is 5.91 Å². The second kappa shape index (κ2) is 9.13. The van der Waals surface area contributed by atoms with E-state index in [9.17, 15) is 4.79 Å². The molecule has 0 saturated carbocycles. The van der Waals surface area contributed by atoms with Gasteiger partial charge in [-0.2, -0.15) is 0 Å². The summed E-state index contributed by atoms with van der Waals surface area (Å²) in [5.74, 6) is -0.144. The first-order chi connectivity index (χ1) is 5.08. The lowest BCUT2D eigenvalue weighted by atomic mass is 10.5. The Labute approximate surface area is 66.5 Å². The van der Waals surface area contributed by atoms with Crippen LogP contribution >= 0.6 is 0 Å². The lowest BCUT2D eigenvalue weighted by Crippen LogP contribution is -2.13. The average molecular weight is 161 g/mol. The zero-order chi connectivity index (χ0) is 9.28. The van der Waals surface area contributed by atoms with E-state index in [0.717, 1.165) is 0 Å². The van der Waals surface area contributed by atoms with Gasteiger partial charge in [-0.25, -0.2) is 0 Å². The zero-order valence-corrected chi connectivity index (χ0v) is 6.87. The second-order valence-electron chi connectivity index (χ2n) is 1.85. The summed E-state index contributed by atoms with van der Waals surface area (Å²) in [6.45, 7) is 4.61. The number of carbonyl (C=O) groups is 1. The molecule has 0 bridgehead atoms. The van der Waals surface area contributed by atoms with Crippen molar-refractivity contribution in [2.45, 2.75) is 13.0 Å². The van der Waals surface area contributed by atoms with Crippen LogP contribution in [0.1, 0.15) is 6.92 Å². The monoisotopic (exact) mass is 161 g/mol. The predicted octanol–water partition coefficient (Wildman–Crippen LogP) is -0.722. The summed E-state index contributed by atoms with van der Waals surface area (Å²) in [7, 11) is 1.56. The van der Waals surface area contributed by atoms with Crippen LogP contribution < -0.4 is 5.32 Å². The quantitative estimate of drug-likeness (QED) is 0.468. The maximum absolute atomic E-state index is 9.95. The molecule has 66 valence electrons. The first-order valence-corrected chi connectivity index (χ1v) is 3.21. The Kier molecular flexibility index (Phi) is 10.6.